The molecule has 0 fully saturated rings. The highest BCUT2D eigenvalue weighted by Crippen LogP contribution is 2.20. The van der Waals surface area contributed by atoms with E-state index in [-0.39, 0.29) is 18.2 Å². The highest BCUT2D eigenvalue weighted by molar-refractivity contribution is 6.30. The van der Waals surface area contributed by atoms with Crippen molar-refractivity contribution >= 4 is 45.6 Å². The van der Waals surface area contributed by atoms with Crippen LogP contribution in [0.3, 0.4) is 0 Å². The number of nitrogens with zero attached hydrogens (tertiary/aromatic N) is 1. The molecule has 0 aliphatic carbocycles. The number of carbonyl (C=O) groups is 2. The Morgan fingerprint density at radius 1 is 1.04 bits per heavy atom. The van der Waals surface area contributed by atoms with Crippen LogP contribution in [0.1, 0.15) is 29.3 Å². The SMILES string of the molecule is C/C(CC(=O)Nc1ccc(Cl)cc1C)=N\NC(=O)c1cccc2ccccc12. The number of carbonyl (C=O) groups excluding carboxylic acids is 2. The second-order valence-electron chi connectivity index (χ2n) is 6.50. The van der Waals surface area contributed by atoms with Gasteiger partial charge >= 0.3 is 0 Å². The molecule has 3 aromatic carbocycles. The smallest absolute Gasteiger partial charge is 0.271 e. The fourth-order valence-electron chi connectivity index (χ4n) is 2.86. The molecule has 0 saturated heterocycles. The lowest BCUT2D eigenvalue weighted by Gasteiger charge is -2.09. The summed E-state index contributed by atoms with van der Waals surface area (Å²) in [7, 11) is 0. The number of amides is 2. The summed E-state index contributed by atoms with van der Waals surface area (Å²) in [6, 6.07) is 18.4. The normalized spacial score (nSPS) is 11.3. The van der Waals surface area contributed by atoms with E-state index in [1.165, 1.54) is 0 Å². The van der Waals surface area contributed by atoms with E-state index in [9.17, 15) is 9.59 Å². The van der Waals surface area contributed by atoms with Crippen LogP contribution in [0.5, 0.6) is 0 Å². The van der Waals surface area contributed by atoms with Gasteiger partial charge in [-0.05, 0) is 54.4 Å². The summed E-state index contributed by atoms with van der Waals surface area (Å²) >= 11 is 5.92. The molecule has 3 rings (SSSR count). The molecule has 28 heavy (non-hydrogen) atoms. The fourth-order valence-corrected chi connectivity index (χ4v) is 3.09. The fraction of sp³-hybridized carbons (Fsp3) is 0.136. The van der Waals surface area contributed by atoms with Crippen molar-refractivity contribution in [3.05, 3.63) is 76.8 Å². The summed E-state index contributed by atoms with van der Waals surface area (Å²) in [6.45, 7) is 3.56. The van der Waals surface area contributed by atoms with Crippen LogP contribution in [0.25, 0.3) is 10.8 Å². The molecule has 0 aliphatic heterocycles. The number of halogens is 1. The molecule has 0 unspecified atom stereocenters. The molecule has 5 nitrogen and oxygen atoms in total. The van der Waals surface area contributed by atoms with E-state index < -0.39 is 0 Å². The predicted octanol–water partition coefficient (Wildman–Crippen LogP) is 4.94. The maximum Gasteiger partial charge on any atom is 0.271 e. The average Bonchev–Trinajstić information content (AvgIpc) is 2.68. The highest BCUT2D eigenvalue weighted by atomic mass is 35.5. The van der Waals surface area contributed by atoms with Crippen LogP contribution in [0.2, 0.25) is 5.02 Å². The number of hydrogen-bond acceptors (Lipinski definition) is 3. The number of benzene rings is 3. The van der Waals surface area contributed by atoms with Gasteiger partial charge in [-0.15, -0.1) is 0 Å². The third kappa shape index (κ3) is 4.75. The van der Waals surface area contributed by atoms with Crippen LogP contribution < -0.4 is 10.7 Å². The summed E-state index contributed by atoms with van der Waals surface area (Å²) < 4.78 is 0. The minimum atomic E-state index is -0.315. The van der Waals surface area contributed by atoms with Crippen molar-refractivity contribution in [1.29, 1.82) is 0 Å². The zero-order valence-electron chi connectivity index (χ0n) is 15.6. The van der Waals surface area contributed by atoms with E-state index in [0.29, 0.717) is 22.0 Å². The molecule has 0 radical (unpaired) electrons. The van der Waals surface area contributed by atoms with Gasteiger partial charge in [0.05, 0.1) is 6.42 Å². The Labute approximate surface area is 168 Å². The lowest BCUT2D eigenvalue weighted by atomic mass is 10.0. The molecule has 0 atom stereocenters. The van der Waals surface area contributed by atoms with Crippen molar-refractivity contribution < 1.29 is 9.59 Å². The first-order valence-corrected chi connectivity index (χ1v) is 9.19. The molecule has 6 heteroatoms. The van der Waals surface area contributed by atoms with Crippen LogP contribution in [0.15, 0.2) is 65.8 Å². The Morgan fingerprint density at radius 3 is 2.57 bits per heavy atom. The van der Waals surface area contributed by atoms with Gasteiger partial charge in [0.15, 0.2) is 0 Å². The molecular weight excluding hydrogens is 374 g/mol. The molecular formula is C22H20ClN3O2. The predicted molar refractivity (Wildman–Crippen MR) is 114 cm³/mol. The lowest BCUT2D eigenvalue weighted by Crippen LogP contribution is -2.21. The quantitative estimate of drug-likeness (QED) is 0.476. The molecule has 2 N–H and O–H groups in total. The Bertz CT molecular complexity index is 1070. The maximum atomic E-state index is 12.5. The second-order valence-corrected chi connectivity index (χ2v) is 6.94. The van der Waals surface area contributed by atoms with Crippen LogP contribution in [0, 0.1) is 6.92 Å². The highest BCUT2D eigenvalue weighted by Gasteiger charge is 2.10. The van der Waals surface area contributed by atoms with E-state index in [4.69, 9.17) is 11.6 Å². The van der Waals surface area contributed by atoms with E-state index >= 15 is 0 Å². The Morgan fingerprint density at radius 2 is 1.79 bits per heavy atom. The van der Waals surface area contributed by atoms with Crippen molar-refractivity contribution in [3.63, 3.8) is 0 Å². The number of fused-ring (bicyclic) bond motifs is 1. The third-order valence-corrected chi connectivity index (χ3v) is 4.50. The van der Waals surface area contributed by atoms with Crippen molar-refractivity contribution in [1.82, 2.24) is 5.43 Å². The van der Waals surface area contributed by atoms with Gasteiger partial charge < -0.3 is 5.32 Å². The first kappa shape index (κ1) is 19.6. The molecule has 0 bridgehead atoms. The molecule has 0 aromatic heterocycles. The van der Waals surface area contributed by atoms with Crippen molar-refractivity contribution in [2.45, 2.75) is 20.3 Å². The van der Waals surface area contributed by atoms with Crippen molar-refractivity contribution in [3.8, 4) is 0 Å². The second kappa shape index (κ2) is 8.67. The number of rotatable bonds is 5. The lowest BCUT2D eigenvalue weighted by molar-refractivity contribution is -0.115. The maximum absolute atomic E-state index is 12.5. The minimum absolute atomic E-state index is 0.0673. The van der Waals surface area contributed by atoms with Crippen LogP contribution in [0.4, 0.5) is 5.69 Å². The van der Waals surface area contributed by atoms with Crippen LogP contribution in [-0.4, -0.2) is 17.5 Å². The number of nitrogens with one attached hydrogen (secondary N) is 2. The Hall–Kier alpha value is -3.18. The van der Waals surface area contributed by atoms with Crippen LogP contribution in [-0.2, 0) is 4.79 Å². The van der Waals surface area contributed by atoms with E-state index in [1.807, 2.05) is 43.3 Å². The molecule has 0 aliphatic rings. The summed E-state index contributed by atoms with van der Waals surface area (Å²) in [5.74, 6) is -0.531. The first-order valence-electron chi connectivity index (χ1n) is 8.81. The largest absolute Gasteiger partial charge is 0.326 e. The molecule has 3 aromatic rings. The van der Waals surface area contributed by atoms with E-state index in [0.717, 1.165) is 16.3 Å². The molecule has 2 amide bonds. The van der Waals surface area contributed by atoms with Gasteiger partial charge in [0.25, 0.3) is 5.91 Å². The first-order chi connectivity index (χ1) is 13.4. The Balaban J connectivity index is 1.63. The van der Waals surface area contributed by atoms with Gasteiger partial charge in [-0.2, -0.15) is 5.10 Å². The molecule has 0 heterocycles. The number of anilines is 1. The number of hydrogen-bond donors (Lipinski definition) is 2. The monoisotopic (exact) mass is 393 g/mol. The van der Waals surface area contributed by atoms with Crippen molar-refractivity contribution in [2.75, 3.05) is 5.32 Å². The van der Waals surface area contributed by atoms with Gasteiger partial charge in [0.2, 0.25) is 5.91 Å². The standard InChI is InChI=1S/C22H20ClN3O2/c1-14-12-17(23)10-11-20(14)24-21(27)13-15(2)25-26-22(28)19-9-5-7-16-6-3-4-8-18(16)19/h3-12H,13H2,1-2H3,(H,24,27)(H,26,28)/b25-15+. The van der Waals surface area contributed by atoms with Gasteiger partial charge in [-0.3, -0.25) is 9.59 Å². The third-order valence-electron chi connectivity index (χ3n) is 4.26. The van der Waals surface area contributed by atoms with E-state index in [1.54, 1.807) is 31.2 Å². The summed E-state index contributed by atoms with van der Waals surface area (Å²) in [5.41, 5.74) is 5.14. The summed E-state index contributed by atoms with van der Waals surface area (Å²) in [6.07, 6.45) is 0.0673. The number of aryl methyl sites for hydroxylation is 1. The number of hydrazone groups is 1. The zero-order chi connectivity index (χ0) is 20.1. The van der Waals surface area contributed by atoms with E-state index in [2.05, 4.69) is 15.8 Å². The molecule has 0 spiro atoms. The van der Waals surface area contributed by atoms with Crippen molar-refractivity contribution in [2.24, 2.45) is 5.10 Å². The molecule has 142 valence electrons. The van der Waals surface area contributed by atoms with Gasteiger partial charge in [-0.25, -0.2) is 5.43 Å². The molecule has 0 saturated carbocycles. The minimum Gasteiger partial charge on any atom is -0.326 e. The van der Waals surface area contributed by atoms with Crippen LogP contribution >= 0.6 is 11.6 Å². The van der Waals surface area contributed by atoms with Gasteiger partial charge in [0.1, 0.15) is 0 Å². The topological polar surface area (TPSA) is 70.6 Å². The van der Waals surface area contributed by atoms with Gasteiger partial charge in [-0.1, -0.05) is 48.0 Å². The summed E-state index contributed by atoms with van der Waals surface area (Å²) in [5, 5.41) is 9.33. The van der Waals surface area contributed by atoms with Gasteiger partial charge in [0, 0.05) is 22.0 Å². The summed E-state index contributed by atoms with van der Waals surface area (Å²) in [4.78, 5) is 24.7. The average molecular weight is 394 g/mol. The zero-order valence-corrected chi connectivity index (χ0v) is 16.4. The Kier molecular flexibility index (Phi) is 6.06.